The van der Waals surface area contributed by atoms with E-state index >= 15 is 0 Å². The van der Waals surface area contributed by atoms with Crippen molar-refractivity contribution in [2.75, 3.05) is 0 Å². The molecule has 0 radical (unpaired) electrons. The van der Waals surface area contributed by atoms with Crippen molar-refractivity contribution in [3.05, 3.63) is 29.0 Å². The van der Waals surface area contributed by atoms with Gasteiger partial charge in [0.15, 0.2) is 5.22 Å². The Balaban J connectivity index is 2.51. The zero-order valence-electron chi connectivity index (χ0n) is 8.33. The third kappa shape index (κ3) is 2.08. The molecule has 0 aliphatic rings. The van der Waals surface area contributed by atoms with Crippen molar-refractivity contribution in [2.24, 2.45) is 5.73 Å². The van der Waals surface area contributed by atoms with Gasteiger partial charge in [0.05, 0.1) is 0 Å². The summed E-state index contributed by atoms with van der Waals surface area (Å²) in [4.78, 5) is 0. The first-order chi connectivity index (χ1) is 7.06. The number of rotatable bonds is 2. The van der Waals surface area contributed by atoms with E-state index in [-0.39, 0.29) is 11.8 Å². The number of aromatic hydroxyl groups is 1. The largest absolute Gasteiger partial charge is 0.508 e. The predicted octanol–water partition coefficient (Wildman–Crippen LogP) is 2.68. The van der Waals surface area contributed by atoms with Gasteiger partial charge in [0, 0.05) is 17.5 Å². The lowest BCUT2D eigenvalue weighted by Gasteiger charge is -2.07. The van der Waals surface area contributed by atoms with Crippen LogP contribution in [-0.2, 0) is 6.42 Å². The summed E-state index contributed by atoms with van der Waals surface area (Å²) in [7, 11) is 0. The molecule has 0 saturated heterocycles. The molecule has 3 nitrogen and oxygen atoms in total. The van der Waals surface area contributed by atoms with Crippen LogP contribution in [0.25, 0.3) is 11.0 Å². The van der Waals surface area contributed by atoms with Gasteiger partial charge in [0.2, 0.25) is 0 Å². The summed E-state index contributed by atoms with van der Waals surface area (Å²) in [5, 5.41) is 10.8. The topological polar surface area (TPSA) is 59.4 Å². The Hall–Kier alpha value is -1.19. The van der Waals surface area contributed by atoms with Crippen LogP contribution >= 0.6 is 11.6 Å². The molecule has 0 bridgehead atoms. The van der Waals surface area contributed by atoms with Gasteiger partial charge in [-0.15, -0.1) is 0 Å². The van der Waals surface area contributed by atoms with E-state index < -0.39 is 0 Å². The highest BCUT2D eigenvalue weighted by Crippen LogP contribution is 2.29. The van der Waals surface area contributed by atoms with E-state index in [1.807, 2.05) is 6.92 Å². The monoisotopic (exact) mass is 225 g/mol. The fourth-order valence-corrected chi connectivity index (χ4v) is 1.80. The summed E-state index contributed by atoms with van der Waals surface area (Å²) in [5.41, 5.74) is 7.13. The molecule has 0 amide bonds. The van der Waals surface area contributed by atoms with Crippen LogP contribution in [0.1, 0.15) is 12.5 Å². The third-order valence-corrected chi connectivity index (χ3v) is 2.42. The second-order valence-corrected chi connectivity index (χ2v) is 4.12. The van der Waals surface area contributed by atoms with Gasteiger partial charge < -0.3 is 15.3 Å². The predicted molar refractivity (Wildman–Crippen MR) is 60.2 cm³/mol. The van der Waals surface area contributed by atoms with E-state index in [9.17, 15) is 5.11 Å². The second kappa shape index (κ2) is 3.76. The first-order valence-corrected chi connectivity index (χ1v) is 5.10. The molecule has 4 heteroatoms. The summed E-state index contributed by atoms with van der Waals surface area (Å²) in [6.07, 6.45) is 0.611. The van der Waals surface area contributed by atoms with E-state index in [1.165, 1.54) is 0 Å². The Morgan fingerprint density at radius 2 is 2.20 bits per heavy atom. The molecule has 0 spiro atoms. The number of halogens is 1. The quantitative estimate of drug-likeness (QED) is 0.826. The van der Waals surface area contributed by atoms with Gasteiger partial charge in [-0.25, -0.2) is 0 Å². The molecular formula is C11H12ClNO2. The molecule has 1 unspecified atom stereocenters. The lowest BCUT2D eigenvalue weighted by molar-refractivity contribution is 0.466. The highest BCUT2D eigenvalue weighted by Gasteiger charge is 2.09. The number of phenolic OH excluding ortho intramolecular Hbond substituents is 1. The number of fused-ring (bicyclic) bond motifs is 1. The highest BCUT2D eigenvalue weighted by molar-refractivity contribution is 6.29. The van der Waals surface area contributed by atoms with Crippen LogP contribution in [0.3, 0.4) is 0 Å². The minimum atomic E-state index is -0.00113. The number of phenols is 1. The zero-order chi connectivity index (χ0) is 11.0. The fraction of sp³-hybridized carbons (Fsp3) is 0.273. The maximum absolute atomic E-state index is 9.73. The molecule has 3 N–H and O–H groups in total. The van der Waals surface area contributed by atoms with Crippen LogP contribution < -0.4 is 5.73 Å². The standard InChI is InChI=1S/C11H12ClNO2/c1-6(13)2-7-4-10-8(3-9(7)14)5-11(12)15-10/h3-6,14H,2,13H2,1H3. The van der Waals surface area contributed by atoms with Gasteiger partial charge in [0.25, 0.3) is 0 Å². The van der Waals surface area contributed by atoms with Gasteiger partial charge >= 0.3 is 0 Å². The summed E-state index contributed by atoms with van der Waals surface area (Å²) < 4.78 is 5.26. The Morgan fingerprint density at radius 3 is 2.87 bits per heavy atom. The molecule has 2 rings (SSSR count). The first-order valence-electron chi connectivity index (χ1n) is 4.73. The van der Waals surface area contributed by atoms with E-state index in [1.54, 1.807) is 18.2 Å². The molecule has 0 aliphatic carbocycles. The Morgan fingerprint density at radius 1 is 1.47 bits per heavy atom. The Kier molecular flexibility index (Phi) is 2.59. The van der Waals surface area contributed by atoms with Crippen molar-refractivity contribution in [3.63, 3.8) is 0 Å². The molecule has 80 valence electrons. The molecular weight excluding hydrogens is 214 g/mol. The SMILES string of the molecule is CC(N)Cc1cc2oc(Cl)cc2cc1O. The van der Waals surface area contributed by atoms with Gasteiger partial charge in [-0.3, -0.25) is 0 Å². The van der Waals surface area contributed by atoms with Crippen LogP contribution in [0.4, 0.5) is 0 Å². The minimum absolute atomic E-state index is 0.00113. The molecule has 0 aliphatic heterocycles. The highest BCUT2D eigenvalue weighted by atomic mass is 35.5. The summed E-state index contributed by atoms with van der Waals surface area (Å²) in [6, 6.07) is 5.09. The van der Waals surface area contributed by atoms with Gasteiger partial charge in [0.1, 0.15) is 11.3 Å². The van der Waals surface area contributed by atoms with Gasteiger partial charge in [-0.1, -0.05) is 0 Å². The van der Waals surface area contributed by atoms with Crippen LogP contribution in [0.5, 0.6) is 5.75 Å². The first kappa shape index (κ1) is 10.3. The van der Waals surface area contributed by atoms with Crippen molar-refractivity contribution in [3.8, 4) is 5.75 Å². The van der Waals surface area contributed by atoms with E-state index in [2.05, 4.69) is 0 Å². The van der Waals surface area contributed by atoms with Gasteiger partial charge in [-0.2, -0.15) is 0 Å². The van der Waals surface area contributed by atoms with E-state index in [0.29, 0.717) is 17.2 Å². The molecule has 0 fully saturated rings. The normalized spacial score (nSPS) is 13.3. The molecule has 1 aromatic heterocycles. The lowest BCUT2D eigenvalue weighted by Crippen LogP contribution is -2.17. The maximum Gasteiger partial charge on any atom is 0.194 e. The van der Waals surface area contributed by atoms with Crippen LogP contribution in [-0.4, -0.2) is 11.1 Å². The third-order valence-electron chi connectivity index (χ3n) is 2.23. The Labute approximate surface area is 92.4 Å². The maximum atomic E-state index is 9.73. The second-order valence-electron chi connectivity index (χ2n) is 3.75. The number of hydrogen-bond acceptors (Lipinski definition) is 3. The summed E-state index contributed by atoms with van der Waals surface area (Å²) in [5.74, 6) is 0.234. The summed E-state index contributed by atoms with van der Waals surface area (Å²) in [6.45, 7) is 1.89. The average molecular weight is 226 g/mol. The van der Waals surface area contributed by atoms with Crippen molar-refractivity contribution < 1.29 is 9.52 Å². The molecule has 15 heavy (non-hydrogen) atoms. The van der Waals surface area contributed by atoms with Crippen molar-refractivity contribution >= 4 is 22.6 Å². The molecule has 0 saturated carbocycles. The molecule has 1 heterocycles. The van der Waals surface area contributed by atoms with E-state index in [4.69, 9.17) is 21.8 Å². The number of benzene rings is 1. The Bertz CT molecular complexity index is 491. The van der Waals surface area contributed by atoms with Crippen molar-refractivity contribution in [1.29, 1.82) is 0 Å². The van der Waals surface area contributed by atoms with Crippen LogP contribution in [0.15, 0.2) is 22.6 Å². The number of nitrogens with two attached hydrogens (primary N) is 1. The minimum Gasteiger partial charge on any atom is -0.508 e. The average Bonchev–Trinajstić information content (AvgIpc) is 2.44. The molecule has 1 atom stereocenters. The zero-order valence-corrected chi connectivity index (χ0v) is 9.08. The smallest absolute Gasteiger partial charge is 0.194 e. The van der Waals surface area contributed by atoms with E-state index in [0.717, 1.165) is 10.9 Å². The molecule has 1 aromatic carbocycles. The van der Waals surface area contributed by atoms with Crippen molar-refractivity contribution in [1.82, 2.24) is 0 Å². The van der Waals surface area contributed by atoms with Gasteiger partial charge in [-0.05, 0) is 42.6 Å². The number of hydrogen-bond donors (Lipinski definition) is 2. The summed E-state index contributed by atoms with van der Waals surface area (Å²) >= 11 is 5.72. The number of furan rings is 1. The van der Waals surface area contributed by atoms with Crippen LogP contribution in [0.2, 0.25) is 5.22 Å². The van der Waals surface area contributed by atoms with Crippen LogP contribution in [0, 0.1) is 0 Å². The molecule has 2 aromatic rings. The fourth-order valence-electron chi connectivity index (χ4n) is 1.59. The lowest BCUT2D eigenvalue weighted by atomic mass is 10.1. The van der Waals surface area contributed by atoms with Crippen molar-refractivity contribution in [2.45, 2.75) is 19.4 Å².